The van der Waals surface area contributed by atoms with Crippen molar-refractivity contribution in [3.05, 3.63) is 65.0 Å². The Balaban J connectivity index is 1.61. The van der Waals surface area contributed by atoms with Gasteiger partial charge in [0.2, 0.25) is 0 Å². The van der Waals surface area contributed by atoms with Crippen molar-refractivity contribution in [3.63, 3.8) is 0 Å². The van der Waals surface area contributed by atoms with Crippen LogP contribution in [0, 0.1) is 12.8 Å². The number of aliphatic hydroxyl groups excluding tert-OH is 1. The Morgan fingerprint density at radius 3 is 2.64 bits per heavy atom. The summed E-state index contributed by atoms with van der Waals surface area (Å²) in [5, 5.41) is 10.7. The summed E-state index contributed by atoms with van der Waals surface area (Å²) in [7, 11) is 0. The molecule has 9 heteroatoms. The third-order valence-corrected chi connectivity index (χ3v) is 6.08. The number of halogens is 3. The summed E-state index contributed by atoms with van der Waals surface area (Å²) >= 11 is 0. The van der Waals surface area contributed by atoms with Gasteiger partial charge in [0, 0.05) is 23.7 Å². The van der Waals surface area contributed by atoms with Crippen LogP contribution in [0.5, 0.6) is 0 Å². The highest BCUT2D eigenvalue weighted by atomic mass is 19.4. The second kappa shape index (κ2) is 8.97. The Bertz CT molecular complexity index is 1160. The SMILES string of the molecule is Cc1cc2cc(C(=O)N(Cc3ccc(C(F)(F)F)cn3)C[C@H]3CC[C@@H](O)C3)ccc2nc1N. The Morgan fingerprint density at radius 2 is 2.00 bits per heavy atom. The maximum atomic E-state index is 13.5. The number of nitrogen functional groups attached to an aromatic ring is 1. The molecule has 1 aliphatic rings. The summed E-state index contributed by atoms with van der Waals surface area (Å²) in [4.78, 5) is 23.3. The van der Waals surface area contributed by atoms with Crippen molar-refractivity contribution in [1.29, 1.82) is 0 Å². The van der Waals surface area contributed by atoms with Crippen LogP contribution in [0.2, 0.25) is 0 Å². The van der Waals surface area contributed by atoms with Crippen LogP contribution in [0.25, 0.3) is 10.9 Å². The lowest BCUT2D eigenvalue weighted by atomic mass is 10.0. The summed E-state index contributed by atoms with van der Waals surface area (Å²) in [6.07, 6.45) is -2.03. The van der Waals surface area contributed by atoms with Crippen molar-refractivity contribution >= 4 is 22.6 Å². The Hall–Kier alpha value is -3.20. The van der Waals surface area contributed by atoms with E-state index in [0.29, 0.717) is 42.0 Å². The second-order valence-electron chi connectivity index (χ2n) is 8.65. The minimum absolute atomic E-state index is 0.0701. The molecule has 0 unspecified atom stereocenters. The van der Waals surface area contributed by atoms with Crippen LogP contribution in [-0.2, 0) is 12.7 Å². The number of anilines is 1. The summed E-state index contributed by atoms with van der Waals surface area (Å²) in [6, 6.07) is 9.27. The van der Waals surface area contributed by atoms with Crippen molar-refractivity contribution in [3.8, 4) is 0 Å². The first kappa shape index (κ1) is 23.0. The van der Waals surface area contributed by atoms with E-state index in [1.165, 1.54) is 6.07 Å². The van der Waals surface area contributed by atoms with Crippen LogP contribution >= 0.6 is 0 Å². The van der Waals surface area contributed by atoms with Gasteiger partial charge in [-0.05, 0) is 74.1 Å². The monoisotopic (exact) mass is 458 g/mol. The molecule has 1 saturated carbocycles. The van der Waals surface area contributed by atoms with Gasteiger partial charge in [-0.25, -0.2) is 4.98 Å². The topological polar surface area (TPSA) is 92.3 Å². The number of fused-ring (bicyclic) bond motifs is 1. The lowest BCUT2D eigenvalue weighted by Crippen LogP contribution is -2.35. The summed E-state index contributed by atoms with van der Waals surface area (Å²) in [5.41, 5.74) is 7.32. The van der Waals surface area contributed by atoms with Gasteiger partial charge in [-0.1, -0.05) is 0 Å². The average molecular weight is 458 g/mol. The second-order valence-corrected chi connectivity index (χ2v) is 8.65. The zero-order valence-electron chi connectivity index (χ0n) is 18.1. The quantitative estimate of drug-likeness (QED) is 0.593. The molecule has 4 rings (SSSR count). The molecule has 2 aromatic heterocycles. The van der Waals surface area contributed by atoms with E-state index in [4.69, 9.17) is 5.73 Å². The molecule has 33 heavy (non-hydrogen) atoms. The van der Waals surface area contributed by atoms with Gasteiger partial charge in [0.15, 0.2) is 0 Å². The van der Waals surface area contributed by atoms with E-state index in [-0.39, 0.29) is 18.4 Å². The van der Waals surface area contributed by atoms with E-state index in [2.05, 4.69) is 9.97 Å². The van der Waals surface area contributed by atoms with Crippen molar-refractivity contribution in [2.24, 2.45) is 5.92 Å². The largest absolute Gasteiger partial charge is 0.417 e. The van der Waals surface area contributed by atoms with E-state index in [0.717, 1.165) is 29.6 Å². The average Bonchev–Trinajstić information content (AvgIpc) is 3.17. The number of benzene rings is 1. The number of alkyl halides is 3. The molecule has 2 heterocycles. The molecule has 1 aromatic carbocycles. The molecule has 0 saturated heterocycles. The smallest absolute Gasteiger partial charge is 0.393 e. The number of hydrogen-bond donors (Lipinski definition) is 2. The zero-order valence-corrected chi connectivity index (χ0v) is 18.1. The van der Waals surface area contributed by atoms with Crippen LogP contribution < -0.4 is 5.73 Å². The first-order chi connectivity index (χ1) is 15.6. The normalized spacial score (nSPS) is 18.6. The van der Waals surface area contributed by atoms with Gasteiger partial charge in [-0.15, -0.1) is 0 Å². The number of nitrogens with zero attached hydrogens (tertiary/aromatic N) is 3. The number of aliphatic hydroxyl groups is 1. The van der Waals surface area contributed by atoms with E-state index in [1.807, 2.05) is 13.0 Å². The van der Waals surface area contributed by atoms with Gasteiger partial charge in [-0.2, -0.15) is 13.2 Å². The van der Waals surface area contributed by atoms with E-state index < -0.39 is 17.8 Å². The molecule has 1 amide bonds. The zero-order chi connectivity index (χ0) is 23.8. The molecule has 3 N–H and O–H groups in total. The molecule has 1 aliphatic carbocycles. The molecule has 0 bridgehead atoms. The van der Waals surface area contributed by atoms with Gasteiger partial charge in [0.1, 0.15) is 5.82 Å². The summed E-state index contributed by atoms with van der Waals surface area (Å²) < 4.78 is 38.6. The molecule has 2 atom stereocenters. The number of rotatable bonds is 5. The lowest BCUT2D eigenvalue weighted by Gasteiger charge is -2.26. The first-order valence-corrected chi connectivity index (χ1v) is 10.8. The Morgan fingerprint density at radius 1 is 1.21 bits per heavy atom. The van der Waals surface area contributed by atoms with Gasteiger partial charge in [0.05, 0.1) is 29.4 Å². The fourth-order valence-corrected chi connectivity index (χ4v) is 4.24. The Labute approximate surface area is 189 Å². The van der Waals surface area contributed by atoms with Gasteiger partial charge >= 0.3 is 6.18 Å². The summed E-state index contributed by atoms with van der Waals surface area (Å²) in [5.74, 6) is 0.286. The third kappa shape index (κ3) is 5.24. The molecule has 174 valence electrons. The molecule has 0 aliphatic heterocycles. The highest BCUT2D eigenvalue weighted by Gasteiger charge is 2.31. The molecule has 1 fully saturated rings. The van der Waals surface area contributed by atoms with E-state index >= 15 is 0 Å². The molecule has 6 nitrogen and oxygen atoms in total. The highest BCUT2D eigenvalue weighted by Crippen LogP contribution is 2.30. The highest BCUT2D eigenvalue weighted by molar-refractivity contribution is 5.98. The first-order valence-electron chi connectivity index (χ1n) is 10.8. The minimum atomic E-state index is -4.47. The van der Waals surface area contributed by atoms with Crippen molar-refractivity contribution < 1.29 is 23.1 Å². The molecule has 0 radical (unpaired) electrons. The van der Waals surface area contributed by atoms with Gasteiger partial charge in [-0.3, -0.25) is 9.78 Å². The molecule has 3 aromatic rings. The molecular formula is C24H25F3N4O2. The lowest BCUT2D eigenvalue weighted by molar-refractivity contribution is -0.137. The number of carbonyl (C=O) groups is 1. The number of pyridine rings is 2. The van der Waals surface area contributed by atoms with E-state index in [9.17, 15) is 23.1 Å². The predicted molar refractivity (Wildman–Crippen MR) is 118 cm³/mol. The number of hydrogen-bond acceptors (Lipinski definition) is 5. The molecule has 0 spiro atoms. The fraction of sp³-hybridized carbons (Fsp3) is 0.375. The third-order valence-electron chi connectivity index (χ3n) is 6.08. The standard InChI is InChI=1S/C24H25F3N4O2/c1-14-8-17-10-16(3-7-21(17)30-22(14)28)23(33)31(12-15-2-6-20(32)9-15)13-19-5-4-18(11-29-19)24(25,26)27/h3-5,7-8,10-11,15,20,32H,2,6,9,12-13H2,1H3,(H2,28,30)/t15-,20+/m0/s1. The molecular weight excluding hydrogens is 433 g/mol. The minimum Gasteiger partial charge on any atom is -0.393 e. The van der Waals surface area contributed by atoms with Crippen LogP contribution in [0.1, 0.15) is 46.4 Å². The number of amides is 1. The van der Waals surface area contributed by atoms with Crippen molar-refractivity contribution in [1.82, 2.24) is 14.9 Å². The van der Waals surface area contributed by atoms with Crippen LogP contribution in [-0.4, -0.2) is 38.5 Å². The maximum absolute atomic E-state index is 13.5. The predicted octanol–water partition coefficient (Wildman–Crippen LogP) is 4.34. The van der Waals surface area contributed by atoms with E-state index in [1.54, 1.807) is 23.1 Å². The van der Waals surface area contributed by atoms with Crippen LogP contribution in [0.15, 0.2) is 42.6 Å². The number of carbonyl (C=O) groups excluding carboxylic acids is 1. The van der Waals surface area contributed by atoms with Crippen LogP contribution in [0.4, 0.5) is 19.0 Å². The maximum Gasteiger partial charge on any atom is 0.417 e. The van der Waals surface area contributed by atoms with Crippen molar-refractivity contribution in [2.45, 2.75) is 45.0 Å². The van der Waals surface area contributed by atoms with Gasteiger partial charge in [0.25, 0.3) is 5.91 Å². The van der Waals surface area contributed by atoms with Crippen LogP contribution in [0.3, 0.4) is 0 Å². The van der Waals surface area contributed by atoms with Gasteiger partial charge < -0.3 is 15.7 Å². The number of aryl methyl sites for hydroxylation is 1. The Kier molecular flexibility index (Phi) is 6.25. The van der Waals surface area contributed by atoms with Crippen molar-refractivity contribution in [2.75, 3.05) is 12.3 Å². The fourth-order valence-electron chi connectivity index (χ4n) is 4.24. The number of nitrogens with two attached hydrogens (primary N) is 1. The number of aromatic nitrogens is 2. The summed E-state index contributed by atoms with van der Waals surface area (Å²) in [6.45, 7) is 2.29.